The van der Waals surface area contributed by atoms with Crippen LogP contribution in [-0.2, 0) is 0 Å². The molecule has 0 unspecified atom stereocenters. The highest BCUT2D eigenvalue weighted by Crippen LogP contribution is 2.21. The van der Waals surface area contributed by atoms with Crippen LogP contribution in [0.5, 0.6) is 0 Å². The molecule has 3 N–H and O–H groups in total. The lowest BCUT2D eigenvalue weighted by Crippen LogP contribution is -1.80. The van der Waals surface area contributed by atoms with E-state index >= 15 is 0 Å². The molecule has 0 aliphatic rings. The van der Waals surface area contributed by atoms with E-state index in [0.29, 0.717) is 0 Å². The highest BCUT2D eigenvalue weighted by atomic mass is 32.1. The van der Waals surface area contributed by atoms with Crippen molar-refractivity contribution in [3.63, 3.8) is 0 Å². The smallest absolute Gasteiger partial charge is 0.345 e. The summed E-state index contributed by atoms with van der Waals surface area (Å²) in [5, 5.41) is 16.3. The normalized spacial score (nSPS) is 8.86. The summed E-state index contributed by atoms with van der Waals surface area (Å²) >= 11 is 0.863. The van der Waals surface area contributed by atoms with Crippen LogP contribution in [0.1, 0.15) is 0 Å². The minimum atomic E-state index is -0.520. The maximum Gasteiger partial charge on any atom is 0.345 e. The van der Waals surface area contributed by atoms with Gasteiger partial charge in [-0.05, 0) is 17.4 Å². The number of anilines is 1. The molecule has 2 rings (SSSR count). The van der Waals surface area contributed by atoms with Crippen LogP contribution in [0.15, 0.2) is 24.7 Å². The van der Waals surface area contributed by atoms with Gasteiger partial charge in [0.25, 0.3) is 0 Å². The topological polar surface area (TPSA) is 111 Å². The lowest BCUT2D eigenvalue weighted by molar-refractivity contribution is -0.380. The van der Waals surface area contributed by atoms with Gasteiger partial charge in [0.15, 0.2) is 5.13 Å². The zero-order chi connectivity index (χ0) is 10.4. The standard InChI is InChI=1S/C3H3N3O2S.C3H4N2/c4-3-5-1-2(9-3)6(7)8;1-2-4-5-3-1/h1H,(H2,4,5);1-3H,(H,4,5). The Morgan fingerprint density at radius 3 is 2.64 bits per heavy atom. The SMILES string of the molecule is Nc1ncc([N+](=O)[O-])s1.c1cn[nH]c1. The van der Waals surface area contributed by atoms with Crippen LogP contribution < -0.4 is 5.73 Å². The van der Waals surface area contributed by atoms with Crippen LogP contribution in [0.3, 0.4) is 0 Å². The van der Waals surface area contributed by atoms with Crippen molar-refractivity contribution in [2.75, 3.05) is 5.73 Å². The van der Waals surface area contributed by atoms with Gasteiger partial charge in [-0.1, -0.05) is 0 Å². The summed E-state index contributed by atoms with van der Waals surface area (Å²) in [6, 6.07) is 1.83. The summed E-state index contributed by atoms with van der Waals surface area (Å²) in [6.45, 7) is 0. The van der Waals surface area contributed by atoms with Crippen LogP contribution in [0.25, 0.3) is 0 Å². The molecule has 0 saturated heterocycles. The molecule has 0 saturated carbocycles. The number of aromatic nitrogens is 3. The molecule has 7 nitrogen and oxygen atoms in total. The fourth-order valence-corrected chi connectivity index (χ4v) is 1.08. The van der Waals surface area contributed by atoms with E-state index in [1.165, 1.54) is 0 Å². The molecule has 0 aliphatic carbocycles. The fourth-order valence-electron chi connectivity index (χ4n) is 0.578. The van der Waals surface area contributed by atoms with Crippen molar-refractivity contribution in [2.24, 2.45) is 0 Å². The van der Waals surface area contributed by atoms with E-state index in [-0.39, 0.29) is 10.1 Å². The Bertz CT molecular complexity index is 367. The number of thiazole rings is 1. The second-order valence-electron chi connectivity index (χ2n) is 2.06. The average molecular weight is 213 g/mol. The van der Waals surface area contributed by atoms with Gasteiger partial charge in [0, 0.05) is 12.4 Å². The zero-order valence-corrected chi connectivity index (χ0v) is 7.77. The molecule has 0 aromatic carbocycles. The first-order valence-corrected chi connectivity index (χ1v) is 4.31. The molecule has 2 aromatic rings. The summed E-state index contributed by atoms with van der Waals surface area (Å²) in [6.07, 6.45) is 4.60. The number of nitrogen functional groups attached to an aromatic ring is 1. The van der Waals surface area contributed by atoms with Gasteiger partial charge in [-0.3, -0.25) is 15.2 Å². The number of nitro groups is 1. The van der Waals surface area contributed by atoms with Gasteiger partial charge in [-0.2, -0.15) is 5.10 Å². The minimum Gasteiger partial charge on any atom is -0.375 e. The summed E-state index contributed by atoms with van der Waals surface area (Å²) < 4.78 is 0. The number of hydrogen-bond donors (Lipinski definition) is 2. The molecule has 0 amide bonds. The molecule has 74 valence electrons. The molecule has 0 radical (unpaired) electrons. The number of H-pyrrole nitrogens is 1. The second kappa shape index (κ2) is 4.92. The number of rotatable bonds is 1. The Hall–Kier alpha value is -1.96. The first-order chi connectivity index (χ1) is 6.70. The summed E-state index contributed by atoms with van der Waals surface area (Å²) in [7, 11) is 0. The van der Waals surface area contributed by atoms with E-state index in [2.05, 4.69) is 15.2 Å². The monoisotopic (exact) mass is 213 g/mol. The highest BCUT2D eigenvalue weighted by Gasteiger charge is 2.07. The van der Waals surface area contributed by atoms with E-state index in [1.807, 2.05) is 6.07 Å². The van der Waals surface area contributed by atoms with Gasteiger partial charge >= 0.3 is 5.00 Å². The highest BCUT2D eigenvalue weighted by molar-refractivity contribution is 7.18. The lowest BCUT2D eigenvalue weighted by Gasteiger charge is -1.76. The molecule has 0 bridgehead atoms. The molecular weight excluding hydrogens is 206 g/mol. The molecule has 0 fully saturated rings. The Kier molecular flexibility index (Phi) is 3.56. The van der Waals surface area contributed by atoms with Crippen molar-refractivity contribution in [2.45, 2.75) is 0 Å². The van der Waals surface area contributed by atoms with Crippen molar-refractivity contribution < 1.29 is 4.92 Å². The summed E-state index contributed by atoms with van der Waals surface area (Å²) in [5.74, 6) is 0. The zero-order valence-electron chi connectivity index (χ0n) is 6.95. The Morgan fingerprint density at radius 1 is 1.64 bits per heavy atom. The first kappa shape index (κ1) is 10.1. The largest absolute Gasteiger partial charge is 0.375 e. The molecule has 0 aliphatic heterocycles. The second-order valence-corrected chi connectivity index (χ2v) is 3.10. The maximum absolute atomic E-state index is 9.93. The number of aromatic amines is 1. The van der Waals surface area contributed by atoms with Gasteiger partial charge in [0.2, 0.25) is 0 Å². The predicted molar refractivity (Wildman–Crippen MR) is 51.8 cm³/mol. The van der Waals surface area contributed by atoms with E-state index < -0.39 is 4.92 Å². The van der Waals surface area contributed by atoms with E-state index in [0.717, 1.165) is 17.5 Å². The number of nitrogens with zero attached hydrogens (tertiary/aromatic N) is 3. The molecule has 0 spiro atoms. The van der Waals surface area contributed by atoms with E-state index in [4.69, 9.17) is 5.73 Å². The first-order valence-electron chi connectivity index (χ1n) is 3.49. The lowest BCUT2D eigenvalue weighted by atomic mass is 10.8. The van der Waals surface area contributed by atoms with Gasteiger partial charge in [-0.25, -0.2) is 4.98 Å². The van der Waals surface area contributed by atoms with Crippen molar-refractivity contribution >= 4 is 21.5 Å². The minimum absolute atomic E-state index is 0.0208. The van der Waals surface area contributed by atoms with Crippen LogP contribution in [0.4, 0.5) is 10.1 Å². The van der Waals surface area contributed by atoms with E-state index in [1.54, 1.807) is 12.4 Å². The Labute approximate surface area is 82.7 Å². The summed E-state index contributed by atoms with van der Waals surface area (Å²) in [4.78, 5) is 12.9. The van der Waals surface area contributed by atoms with Crippen LogP contribution in [0, 0.1) is 10.1 Å². The third kappa shape index (κ3) is 3.19. The summed E-state index contributed by atoms with van der Waals surface area (Å²) in [5.41, 5.74) is 5.12. The van der Waals surface area contributed by atoms with Gasteiger partial charge < -0.3 is 5.73 Å². The number of hydrogen-bond acceptors (Lipinski definition) is 6. The van der Waals surface area contributed by atoms with Crippen molar-refractivity contribution in [1.82, 2.24) is 15.2 Å². The Morgan fingerprint density at radius 2 is 2.43 bits per heavy atom. The van der Waals surface area contributed by atoms with Crippen LogP contribution >= 0.6 is 11.3 Å². The van der Waals surface area contributed by atoms with Gasteiger partial charge in [0.1, 0.15) is 6.20 Å². The Balaban J connectivity index is 0.000000165. The molecule has 2 aromatic heterocycles. The fraction of sp³-hybridized carbons (Fsp3) is 0. The average Bonchev–Trinajstić information content (AvgIpc) is 2.74. The quantitative estimate of drug-likeness (QED) is 0.543. The van der Waals surface area contributed by atoms with Crippen LogP contribution in [0.2, 0.25) is 0 Å². The van der Waals surface area contributed by atoms with E-state index in [9.17, 15) is 10.1 Å². The van der Waals surface area contributed by atoms with Crippen molar-refractivity contribution in [3.8, 4) is 0 Å². The van der Waals surface area contributed by atoms with Crippen LogP contribution in [-0.4, -0.2) is 20.1 Å². The van der Waals surface area contributed by atoms with Crippen molar-refractivity contribution in [3.05, 3.63) is 34.8 Å². The predicted octanol–water partition coefficient (Wildman–Crippen LogP) is 1.04. The number of nitrogens with one attached hydrogen (secondary N) is 1. The molecule has 8 heteroatoms. The molecule has 14 heavy (non-hydrogen) atoms. The molecule has 2 heterocycles. The third-order valence-electron chi connectivity index (χ3n) is 1.10. The van der Waals surface area contributed by atoms with Gasteiger partial charge in [0.05, 0.1) is 4.92 Å². The number of nitrogens with two attached hydrogens (primary N) is 1. The molecule has 0 atom stereocenters. The maximum atomic E-state index is 9.93. The molecular formula is C6H7N5O2S. The third-order valence-corrected chi connectivity index (χ3v) is 1.88. The van der Waals surface area contributed by atoms with Gasteiger partial charge in [-0.15, -0.1) is 0 Å². The van der Waals surface area contributed by atoms with Crippen molar-refractivity contribution in [1.29, 1.82) is 0 Å².